The largest absolute Gasteiger partial charge is 0.456 e. The Bertz CT molecular complexity index is 3310. The van der Waals surface area contributed by atoms with Gasteiger partial charge in [-0.15, -0.1) is 32.8 Å². The predicted octanol–water partition coefficient (Wildman–Crippen LogP) is -5.88. The molecule has 0 aliphatic carbocycles. The van der Waals surface area contributed by atoms with Crippen molar-refractivity contribution in [2.45, 2.75) is 0 Å². The molecule has 0 spiro atoms. The van der Waals surface area contributed by atoms with Crippen LogP contribution >= 0.6 is 0 Å². The molecule has 0 fully saturated rings. The minimum Gasteiger partial charge on any atom is -0.456 e. The van der Waals surface area contributed by atoms with Crippen molar-refractivity contribution in [1.82, 2.24) is 19.5 Å². The Hall–Kier alpha value is -6.20. The zero-order valence-electron chi connectivity index (χ0n) is 36.1. The lowest BCUT2D eigenvalue weighted by atomic mass is 9.60. The molecule has 0 bridgehead atoms. The van der Waals surface area contributed by atoms with Gasteiger partial charge in [-0.05, 0) is 59.7 Å². The van der Waals surface area contributed by atoms with E-state index in [1.807, 2.05) is 0 Å². The second-order valence-electron chi connectivity index (χ2n) is 16.8. The van der Waals surface area contributed by atoms with Crippen molar-refractivity contribution in [2.75, 3.05) is 0 Å². The fraction of sp³-hybridized carbons (Fsp3) is 0. The van der Waals surface area contributed by atoms with Gasteiger partial charge in [0, 0.05) is 43.9 Å². The number of hydrogen-bond acceptors (Lipinski definition) is 4. The normalized spacial score (nSPS) is 11.7. The highest BCUT2D eigenvalue weighted by atomic mass is 16.3. The van der Waals surface area contributed by atoms with E-state index < -0.39 is 0 Å². The zero-order chi connectivity index (χ0) is 41.7. The van der Waals surface area contributed by atoms with E-state index in [9.17, 15) is 0 Å². The second kappa shape index (κ2) is 14.2. The molecule has 5 nitrogen and oxygen atoms in total. The molecule has 0 unspecified atom stereocenters. The van der Waals surface area contributed by atoms with Gasteiger partial charge in [-0.25, -0.2) is 15.0 Å². The molecule has 274 valence electrons. The summed E-state index contributed by atoms with van der Waals surface area (Å²) in [6.07, 6.45) is 0. The average Bonchev–Trinajstić information content (AvgIpc) is 3.81. The van der Waals surface area contributed by atoms with Crippen LogP contribution in [0.3, 0.4) is 0 Å². The smallest absolute Gasteiger partial charge is 0.164 e. The third-order valence-electron chi connectivity index (χ3n) is 13.8. The van der Waals surface area contributed by atoms with Crippen LogP contribution in [0.4, 0.5) is 0 Å². The third kappa shape index (κ3) is 5.80. The summed E-state index contributed by atoms with van der Waals surface area (Å²) >= 11 is 0. The highest BCUT2D eigenvalue weighted by Gasteiger charge is 2.22. The van der Waals surface area contributed by atoms with E-state index in [0.29, 0.717) is 17.5 Å². The van der Waals surface area contributed by atoms with E-state index in [-0.39, 0.29) is 0 Å². The molecule has 3 aromatic heterocycles. The Morgan fingerprint density at radius 1 is 0.350 bits per heavy atom. The summed E-state index contributed by atoms with van der Waals surface area (Å²) < 4.78 is 9.01. The molecule has 0 atom stereocenters. The number of fused-ring (bicyclic) bond motifs is 6. The first-order valence-corrected chi connectivity index (χ1v) is 20.9. The molecule has 3 heterocycles. The van der Waals surface area contributed by atoms with E-state index in [1.54, 1.807) is 0 Å². The summed E-state index contributed by atoms with van der Waals surface area (Å²) in [5, 5.41) is 4.56. The Balaban J connectivity index is 1.14. The standard InChI is InChI=1S/C45H38B10N4O/c46-33-31(34(47)38(51)41(54)37(33)50)44-56-43(57-45(58-44)32-35(48)39(52)42(55)40(53)36(32)49)21-10-13-24-26-18-22(12-15-29(26)60-30(24)17-21)59-27-9-5-4-8-23(27)25-16-20(11-14-28(25)59)19-6-2-1-3-7-19/h1-18H,46-55H2. The summed E-state index contributed by atoms with van der Waals surface area (Å²) in [6, 6.07) is 39.0. The third-order valence-corrected chi connectivity index (χ3v) is 13.8. The van der Waals surface area contributed by atoms with Crippen molar-refractivity contribution in [3.63, 3.8) is 0 Å². The van der Waals surface area contributed by atoms with Crippen molar-refractivity contribution in [1.29, 1.82) is 0 Å². The van der Waals surface area contributed by atoms with Gasteiger partial charge < -0.3 is 8.98 Å². The Kier molecular flexibility index (Phi) is 9.02. The molecule has 0 saturated carbocycles. The number of hydrogen-bond donors (Lipinski definition) is 0. The fourth-order valence-electron chi connectivity index (χ4n) is 9.50. The number of para-hydroxylation sites is 1. The van der Waals surface area contributed by atoms with Crippen molar-refractivity contribution in [2.24, 2.45) is 0 Å². The topological polar surface area (TPSA) is 56.7 Å². The van der Waals surface area contributed by atoms with Crippen molar-refractivity contribution in [3.8, 4) is 51.0 Å². The van der Waals surface area contributed by atoms with Crippen molar-refractivity contribution in [3.05, 3.63) is 109 Å². The highest BCUT2D eigenvalue weighted by Crippen LogP contribution is 2.38. The number of rotatable bonds is 5. The lowest BCUT2D eigenvalue weighted by Gasteiger charge is -2.22. The maximum absolute atomic E-state index is 6.64. The van der Waals surface area contributed by atoms with E-state index in [0.717, 1.165) is 44.3 Å². The van der Waals surface area contributed by atoms with Crippen LogP contribution in [0.1, 0.15) is 0 Å². The van der Waals surface area contributed by atoms with Gasteiger partial charge in [0.25, 0.3) is 0 Å². The SMILES string of the molecule is Bc1c(B)c(B)c(-c2nc(-c3ccc4c(c3)oc3ccc(-n5c6ccccc6c6cc(-c7ccccc7)ccc65)cc34)nc(-c3c(B)c(B)c(B)c(B)c3B)n2)c(B)c1B. The monoisotopic (exact) mass is 760 g/mol. The molecule has 0 saturated heterocycles. The minimum absolute atomic E-state index is 0.627. The molecule has 10 aromatic rings. The molecule has 15 heteroatoms. The first-order valence-electron chi connectivity index (χ1n) is 20.9. The quantitative estimate of drug-likeness (QED) is 0.165. The zero-order valence-corrected chi connectivity index (χ0v) is 36.1. The molecule has 0 amide bonds. The van der Waals surface area contributed by atoms with Gasteiger partial charge in [0.2, 0.25) is 0 Å². The van der Waals surface area contributed by atoms with E-state index in [2.05, 4.69) is 192 Å². The lowest BCUT2D eigenvalue weighted by Crippen LogP contribution is -2.55. The second-order valence-corrected chi connectivity index (χ2v) is 16.8. The minimum atomic E-state index is 0.627. The van der Waals surface area contributed by atoms with Gasteiger partial charge in [0.1, 0.15) is 89.6 Å². The summed E-state index contributed by atoms with van der Waals surface area (Å²) in [5.41, 5.74) is 23.0. The average molecular weight is 759 g/mol. The Morgan fingerprint density at radius 3 is 1.52 bits per heavy atom. The fourth-order valence-corrected chi connectivity index (χ4v) is 9.50. The first kappa shape index (κ1) is 38.0. The highest BCUT2D eigenvalue weighted by molar-refractivity contribution is 6.70. The van der Waals surface area contributed by atoms with Crippen LogP contribution in [0.15, 0.2) is 114 Å². The van der Waals surface area contributed by atoms with Crippen LogP contribution in [0.25, 0.3) is 94.7 Å². The molecule has 60 heavy (non-hydrogen) atoms. The van der Waals surface area contributed by atoms with Crippen LogP contribution in [-0.2, 0) is 0 Å². The molecule has 7 aromatic carbocycles. The number of aromatic nitrogens is 4. The first-order chi connectivity index (χ1) is 28.9. The molecular weight excluding hydrogens is 721 g/mol. The van der Waals surface area contributed by atoms with Gasteiger partial charge in [0.05, 0.1) is 11.0 Å². The molecule has 10 rings (SSSR count). The summed E-state index contributed by atoms with van der Waals surface area (Å²) in [7, 11) is 22.0. The van der Waals surface area contributed by atoms with Crippen LogP contribution < -0.4 is 54.6 Å². The van der Waals surface area contributed by atoms with Gasteiger partial charge in [-0.3, -0.25) is 0 Å². The van der Waals surface area contributed by atoms with Crippen LogP contribution in [-0.4, -0.2) is 98.0 Å². The van der Waals surface area contributed by atoms with Gasteiger partial charge in [-0.2, -0.15) is 0 Å². The van der Waals surface area contributed by atoms with Gasteiger partial charge in [-0.1, -0.05) is 82.5 Å². The maximum Gasteiger partial charge on any atom is 0.164 e. The van der Waals surface area contributed by atoms with Crippen LogP contribution in [0, 0.1) is 0 Å². The summed E-state index contributed by atoms with van der Waals surface area (Å²) in [5.74, 6) is 2.02. The van der Waals surface area contributed by atoms with Crippen molar-refractivity contribution >= 4 is 177 Å². The van der Waals surface area contributed by atoms with E-state index in [4.69, 9.17) is 19.4 Å². The molecule has 0 N–H and O–H groups in total. The Morgan fingerprint density at radius 2 is 0.883 bits per heavy atom. The van der Waals surface area contributed by atoms with Crippen LogP contribution in [0.2, 0.25) is 0 Å². The maximum atomic E-state index is 6.64. The molecule has 0 radical (unpaired) electrons. The van der Waals surface area contributed by atoms with Gasteiger partial charge >= 0.3 is 0 Å². The summed E-state index contributed by atoms with van der Waals surface area (Å²) in [6.45, 7) is 0. The number of nitrogens with zero attached hydrogens (tertiary/aromatic N) is 4. The number of furan rings is 1. The molecular formula is C45H38B10N4O. The summed E-state index contributed by atoms with van der Waals surface area (Å²) in [4.78, 5) is 15.9. The lowest BCUT2D eigenvalue weighted by molar-refractivity contribution is 0.669. The van der Waals surface area contributed by atoms with Gasteiger partial charge in [0.15, 0.2) is 17.5 Å². The Labute approximate surface area is 359 Å². The van der Waals surface area contributed by atoms with Crippen molar-refractivity contribution < 1.29 is 4.42 Å². The van der Waals surface area contributed by atoms with E-state index in [1.165, 1.54) is 87.6 Å². The molecule has 0 aliphatic heterocycles. The van der Waals surface area contributed by atoms with Crippen LogP contribution in [0.5, 0.6) is 0 Å². The molecule has 0 aliphatic rings. The predicted molar refractivity (Wildman–Crippen MR) is 285 cm³/mol. The van der Waals surface area contributed by atoms with E-state index >= 15 is 0 Å². The number of benzene rings is 7.